The minimum absolute atomic E-state index is 0.824. The van der Waals surface area contributed by atoms with E-state index < -0.39 is 61.4 Å². The van der Waals surface area contributed by atoms with Gasteiger partial charge in [-0.1, -0.05) is 0 Å². The summed E-state index contributed by atoms with van der Waals surface area (Å²) in [6, 6.07) is 0. The Hall–Kier alpha value is -1.81. The summed E-state index contributed by atoms with van der Waals surface area (Å²) >= 11 is 0. The molecule has 0 saturated carbocycles. The van der Waals surface area contributed by atoms with Gasteiger partial charge in [0.1, 0.15) is 0 Å². The molecule has 0 fully saturated rings. The fourth-order valence-corrected chi connectivity index (χ4v) is 0.800. The smallest absolute Gasteiger partial charge is 0.389 e. The molecular weight excluding hydrogens is 350 g/mol. The van der Waals surface area contributed by atoms with E-state index in [1.165, 1.54) is 20.8 Å². The zero-order valence-electron chi connectivity index (χ0n) is 13.2. The molecule has 0 aromatic carbocycles. The summed E-state index contributed by atoms with van der Waals surface area (Å²) < 4.78 is 72.8. The number of rotatable bonds is 4. The highest BCUT2D eigenvalue weighted by molar-refractivity contribution is 5.88. The highest BCUT2D eigenvalue weighted by Gasteiger charge is 2.31. The second-order valence-electron chi connectivity index (χ2n) is 5.64. The number of carboxylic acid groups (broad SMARTS) is 1. The number of ether oxygens (including phenoxy) is 1. The molecule has 0 saturated heterocycles. The van der Waals surface area contributed by atoms with E-state index in [4.69, 9.17) is 5.11 Å². The van der Waals surface area contributed by atoms with Gasteiger partial charge in [0, 0.05) is 0 Å². The molecule has 24 heavy (non-hydrogen) atoms. The number of carbonyl (C=O) groups is 3. The Morgan fingerprint density at radius 1 is 0.833 bits per heavy atom. The van der Waals surface area contributed by atoms with E-state index in [0.29, 0.717) is 0 Å². The van der Waals surface area contributed by atoms with Gasteiger partial charge >= 0.3 is 30.3 Å². The van der Waals surface area contributed by atoms with Gasteiger partial charge < -0.3 is 9.84 Å². The lowest BCUT2D eigenvalue weighted by molar-refractivity contribution is -0.171. The van der Waals surface area contributed by atoms with Crippen molar-refractivity contribution in [3.63, 3.8) is 0 Å². The number of esters is 2. The average Bonchev–Trinajstić information content (AvgIpc) is 2.32. The van der Waals surface area contributed by atoms with Gasteiger partial charge in [0.15, 0.2) is 0 Å². The molecule has 0 rings (SSSR count). The Morgan fingerprint density at radius 3 is 1.46 bits per heavy atom. The lowest BCUT2D eigenvalue weighted by Crippen LogP contribution is -2.26. The van der Waals surface area contributed by atoms with Gasteiger partial charge in [-0.25, -0.2) is 0 Å². The third kappa shape index (κ3) is 18.2. The SMILES string of the molecule is CC(C)(C)C(=O)OC(=O)CCC(F)(F)F.O=C(O)CCC(F)(F)F. The largest absolute Gasteiger partial charge is 0.481 e. The normalized spacial score (nSPS) is 12.0. The first kappa shape index (κ1) is 24.4. The Morgan fingerprint density at radius 2 is 1.21 bits per heavy atom. The molecule has 5 nitrogen and oxygen atoms in total. The molecule has 0 unspecified atom stereocenters. The van der Waals surface area contributed by atoms with Crippen LogP contribution in [-0.2, 0) is 19.1 Å². The predicted molar refractivity (Wildman–Crippen MR) is 68.8 cm³/mol. The van der Waals surface area contributed by atoms with Crippen LogP contribution in [0.1, 0.15) is 46.5 Å². The van der Waals surface area contributed by atoms with E-state index in [2.05, 4.69) is 4.74 Å². The van der Waals surface area contributed by atoms with Crippen LogP contribution in [0.15, 0.2) is 0 Å². The number of aliphatic carboxylic acids is 1. The molecule has 0 heterocycles. The van der Waals surface area contributed by atoms with Crippen molar-refractivity contribution in [1.82, 2.24) is 0 Å². The lowest BCUT2D eigenvalue weighted by Gasteiger charge is -2.15. The Kier molecular flexibility index (Phi) is 9.65. The molecule has 0 spiro atoms. The Bertz CT molecular complexity index is 434. The zero-order valence-corrected chi connectivity index (χ0v) is 13.2. The number of halogens is 6. The van der Waals surface area contributed by atoms with Gasteiger partial charge in [-0.15, -0.1) is 0 Å². The molecule has 11 heteroatoms. The minimum atomic E-state index is -4.41. The molecule has 0 aliphatic heterocycles. The molecule has 0 aromatic rings. The summed E-state index contributed by atoms with van der Waals surface area (Å²) in [5, 5.41) is 7.78. The summed E-state index contributed by atoms with van der Waals surface area (Å²) in [7, 11) is 0. The first-order chi connectivity index (χ1) is 10.4. The van der Waals surface area contributed by atoms with Gasteiger partial charge in [-0.05, 0) is 20.8 Å². The van der Waals surface area contributed by atoms with Crippen molar-refractivity contribution in [2.24, 2.45) is 5.41 Å². The van der Waals surface area contributed by atoms with Crippen molar-refractivity contribution in [2.45, 2.75) is 58.8 Å². The lowest BCUT2D eigenvalue weighted by atomic mass is 9.97. The van der Waals surface area contributed by atoms with Crippen LogP contribution < -0.4 is 0 Å². The van der Waals surface area contributed by atoms with Crippen molar-refractivity contribution >= 4 is 17.9 Å². The van der Waals surface area contributed by atoms with E-state index >= 15 is 0 Å². The molecular formula is C13H18F6O5. The Balaban J connectivity index is 0. The van der Waals surface area contributed by atoms with Crippen molar-refractivity contribution in [3.8, 4) is 0 Å². The monoisotopic (exact) mass is 368 g/mol. The number of hydrogen-bond acceptors (Lipinski definition) is 4. The number of hydrogen-bond donors (Lipinski definition) is 1. The highest BCUT2D eigenvalue weighted by Crippen LogP contribution is 2.22. The molecule has 142 valence electrons. The van der Waals surface area contributed by atoms with Crippen LogP contribution in [0.3, 0.4) is 0 Å². The highest BCUT2D eigenvalue weighted by atomic mass is 19.4. The summed E-state index contributed by atoms with van der Waals surface area (Å²) in [5.74, 6) is -3.39. The number of carboxylic acids is 1. The van der Waals surface area contributed by atoms with Crippen LogP contribution >= 0.6 is 0 Å². The molecule has 0 aromatic heterocycles. The van der Waals surface area contributed by atoms with E-state index in [0.717, 1.165) is 0 Å². The maximum absolute atomic E-state index is 11.7. The van der Waals surface area contributed by atoms with Crippen molar-refractivity contribution in [2.75, 3.05) is 0 Å². The summed E-state index contributed by atoms with van der Waals surface area (Å²) in [4.78, 5) is 31.4. The number of alkyl halides is 6. The van der Waals surface area contributed by atoms with E-state index in [1.54, 1.807) is 0 Å². The van der Waals surface area contributed by atoms with Gasteiger partial charge in [0.05, 0.1) is 31.1 Å². The van der Waals surface area contributed by atoms with Crippen LogP contribution in [-0.4, -0.2) is 35.4 Å². The molecule has 0 aliphatic carbocycles. The predicted octanol–water partition coefficient (Wildman–Crippen LogP) is 3.86. The Labute approximate surface area is 134 Å². The second-order valence-corrected chi connectivity index (χ2v) is 5.64. The van der Waals surface area contributed by atoms with Gasteiger partial charge in [0.2, 0.25) is 0 Å². The van der Waals surface area contributed by atoms with Crippen LogP contribution in [0.5, 0.6) is 0 Å². The third-order valence-electron chi connectivity index (χ3n) is 2.05. The fraction of sp³-hybridized carbons (Fsp3) is 0.769. The molecule has 0 amide bonds. The maximum atomic E-state index is 11.7. The summed E-state index contributed by atoms with van der Waals surface area (Å²) in [6.07, 6.45) is -13.0. The zero-order chi connectivity index (χ0) is 19.8. The average molecular weight is 368 g/mol. The molecule has 0 radical (unpaired) electrons. The minimum Gasteiger partial charge on any atom is -0.481 e. The maximum Gasteiger partial charge on any atom is 0.389 e. The van der Waals surface area contributed by atoms with Crippen molar-refractivity contribution in [1.29, 1.82) is 0 Å². The second kappa shape index (κ2) is 9.48. The van der Waals surface area contributed by atoms with Gasteiger partial charge in [-0.3, -0.25) is 14.4 Å². The van der Waals surface area contributed by atoms with E-state index in [9.17, 15) is 40.7 Å². The van der Waals surface area contributed by atoms with E-state index in [-0.39, 0.29) is 0 Å². The summed E-state index contributed by atoms with van der Waals surface area (Å²) in [5.41, 5.74) is -0.895. The van der Waals surface area contributed by atoms with Crippen molar-refractivity contribution < 1.29 is 50.6 Å². The molecule has 1 N–H and O–H groups in total. The fourth-order valence-electron chi connectivity index (χ4n) is 0.800. The standard InChI is InChI=1S/C9H13F3O3.C4H5F3O2/c1-8(2,3)7(14)15-6(13)4-5-9(10,11)12;5-4(6,7)2-1-3(8)9/h4-5H2,1-3H3;1-2H2,(H,8,9). The van der Waals surface area contributed by atoms with Crippen LogP contribution in [0.4, 0.5) is 26.3 Å². The quantitative estimate of drug-likeness (QED) is 0.463. The van der Waals surface area contributed by atoms with Crippen LogP contribution in [0.25, 0.3) is 0 Å². The van der Waals surface area contributed by atoms with Crippen LogP contribution in [0, 0.1) is 5.41 Å². The topological polar surface area (TPSA) is 80.7 Å². The molecule has 0 aliphatic rings. The first-order valence-corrected chi connectivity index (χ1v) is 6.54. The molecule has 0 atom stereocenters. The first-order valence-electron chi connectivity index (χ1n) is 6.54. The van der Waals surface area contributed by atoms with Crippen LogP contribution in [0.2, 0.25) is 0 Å². The van der Waals surface area contributed by atoms with E-state index in [1.807, 2.05) is 0 Å². The van der Waals surface area contributed by atoms with Gasteiger partial charge in [0.25, 0.3) is 0 Å². The summed E-state index contributed by atoms with van der Waals surface area (Å²) in [6.45, 7) is 4.52. The van der Waals surface area contributed by atoms with Gasteiger partial charge in [-0.2, -0.15) is 26.3 Å². The number of carbonyl (C=O) groups excluding carboxylic acids is 2. The van der Waals surface area contributed by atoms with Crippen molar-refractivity contribution in [3.05, 3.63) is 0 Å². The molecule has 0 bridgehead atoms. The third-order valence-corrected chi connectivity index (χ3v) is 2.05.